The van der Waals surface area contributed by atoms with Crippen LogP contribution in [0.3, 0.4) is 0 Å². The highest BCUT2D eigenvalue weighted by Crippen LogP contribution is 2.40. The van der Waals surface area contributed by atoms with Crippen LogP contribution < -0.4 is 0 Å². The smallest absolute Gasteiger partial charge is 0.140 e. The molecule has 1 saturated heterocycles. The van der Waals surface area contributed by atoms with Crippen molar-refractivity contribution >= 4 is 0 Å². The topological polar surface area (TPSA) is 47.7 Å². The van der Waals surface area contributed by atoms with Gasteiger partial charge in [-0.25, -0.2) is 0 Å². The second kappa shape index (κ2) is 5.38. The predicted octanol–water partition coefficient (Wildman–Crippen LogP) is 1.40. The second-order valence-corrected chi connectivity index (χ2v) is 5.26. The number of likely N-dealkylation sites (N-methyl/N-ethyl adjacent to an activating group) is 1. The summed E-state index contributed by atoms with van der Waals surface area (Å²) < 4.78 is 16.4. The number of rotatable bonds is 5. The molecular formula is C13H20N2O3. The molecule has 5 heteroatoms. The molecule has 1 aliphatic carbocycles. The summed E-state index contributed by atoms with van der Waals surface area (Å²) in [6.45, 7) is 3.78. The lowest BCUT2D eigenvalue weighted by molar-refractivity contribution is -0.0963. The molecule has 0 radical (unpaired) electrons. The van der Waals surface area contributed by atoms with Crippen LogP contribution in [0.1, 0.15) is 30.2 Å². The average Bonchev–Trinajstić information content (AvgIpc) is 3.12. The van der Waals surface area contributed by atoms with Crippen molar-refractivity contribution in [3.63, 3.8) is 0 Å². The normalized spacial score (nSPS) is 24.7. The maximum absolute atomic E-state index is 5.63. The number of hydrogen-bond donors (Lipinski definition) is 0. The number of aromatic nitrogens is 1. The zero-order chi connectivity index (χ0) is 12.4. The summed E-state index contributed by atoms with van der Waals surface area (Å²) in [5, 5.41) is 4.12. The van der Waals surface area contributed by atoms with E-state index in [9.17, 15) is 0 Å². The van der Waals surface area contributed by atoms with Gasteiger partial charge in [0.25, 0.3) is 0 Å². The van der Waals surface area contributed by atoms with Crippen LogP contribution in [0.25, 0.3) is 0 Å². The Balaban J connectivity index is 1.48. The third kappa shape index (κ3) is 3.10. The molecule has 3 rings (SSSR count). The van der Waals surface area contributed by atoms with E-state index < -0.39 is 0 Å². The molecule has 0 bridgehead atoms. The van der Waals surface area contributed by atoms with Gasteiger partial charge >= 0.3 is 0 Å². The summed E-state index contributed by atoms with van der Waals surface area (Å²) >= 11 is 0. The predicted molar refractivity (Wildman–Crippen MR) is 65.4 cm³/mol. The molecule has 1 unspecified atom stereocenters. The fraction of sp³-hybridized carbons (Fsp3) is 0.769. The van der Waals surface area contributed by atoms with E-state index in [1.54, 1.807) is 0 Å². The van der Waals surface area contributed by atoms with Crippen molar-refractivity contribution in [1.29, 1.82) is 0 Å². The van der Waals surface area contributed by atoms with Crippen LogP contribution in [0, 0.1) is 0 Å². The Morgan fingerprint density at radius 3 is 3.00 bits per heavy atom. The Hall–Kier alpha value is -0.910. The fourth-order valence-corrected chi connectivity index (χ4v) is 2.29. The molecule has 1 aromatic heterocycles. The number of ether oxygens (including phenoxy) is 2. The highest BCUT2D eigenvalue weighted by molar-refractivity contribution is 5.14. The monoisotopic (exact) mass is 252 g/mol. The highest BCUT2D eigenvalue weighted by Gasteiger charge is 2.28. The van der Waals surface area contributed by atoms with Gasteiger partial charge in [-0.15, -0.1) is 0 Å². The lowest BCUT2D eigenvalue weighted by Gasteiger charge is -2.26. The van der Waals surface area contributed by atoms with E-state index in [1.807, 2.05) is 0 Å². The Bertz CT molecular complexity index is 383. The molecule has 1 aromatic rings. The minimum absolute atomic E-state index is 0.179. The van der Waals surface area contributed by atoms with Crippen molar-refractivity contribution in [1.82, 2.24) is 10.1 Å². The molecule has 0 amide bonds. The Kier molecular flexibility index (Phi) is 3.63. The van der Waals surface area contributed by atoms with Crippen molar-refractivity contribution in [3.8, 4) is 0 Å². The first-order chi connectivity index (χ1) is 8.81. The van der Waals surface area contributed by atoms with E-state index in [1.165, 1.54) is 12.8 Å². The summed E-state index contributed by atoms with van der Waals surface area (Å²) in [5.74, 6) is 1.68. The van der Waals surface area contributed by atoms with Crippen molar-refractivity contribution < 1.29 is 14.0 Å². The quantitative estimate of drug-likeness (QED) is 0.792. The second-order valence-electron chi connectivity index (χ2n) is 5.26. The fourth-order valence-electron chi connectivity index (χ4n) is 2.29. The van der Waals surface area contributed by atoms with Crippen molar-refractivity contribution in [3.05, 3.63) is 17.5 Å². The van der Waals surface area contributed by atoms with Crippen molar-refractivity contribution in [2.45, 2.75) is 31.4 Å². The van der Waals surface area contributed by atoms with Crippen LogP contribution in [-0.4, -0.2) is 49.6 Å². The van der Waals surface area contributed by atoms with Crippen LogP contribution in [0.5, 0.6) is 0 Å². The van der Waals surface area contributed by atoms with Crippen LogP contribution >= 0.6 is 0 Å². The third-order valence-corrected chi connectivity index (χ3v) is 3.39. The van der Waals surface area contributed by atoms with Gasteiger partial charge in [0.1, 0.15) is 5.76 Å². The van der Waals surface area contributed by atoms with E-state index in [0.29, 0.717) is 25.7 Å². The molecule has 100 valence electrons. The molecule has 5 nitrogen and oxygen atoms in total. The van der Waals surface area contributed by atoms with E-state index in [2.05, 4.69) is 23.2 Å². The van der Waals surface area contributed by atoms with Crippen LogP contribution in [0.15, 0.2) is 10.6 Å². The van der Waals surface area contributed by atoms with Gasteiger partial charge in [0.05, 0.1) is 31.6 Å². The standard InChI is InChI=1S/C13H20N2O3/c1-15(8-12-9-16-4-5-17-12)7-11-6-13(18-14-11)10-2-3-10/h6,10,12H,2-5,7-9H2,1H3. The minimum Gasteiger partial charge on any atom is -0.376 e. The van der Waals surface area contributed by atoms with Crippen molar-refractivity contribution in [2.75, 3.05) is 33.4 Å². The van der Waals surface area contributed by atoms with Gasteiger partial charge in [-0.05, 0) is 19.9 Å². The van der Waals surface area contributed by atoms with Gasteiger partial charge in [-0.1, -0.05) is 5.16 Å². The molecule has 18 heavy (non-hydrogen) atoms. The van der Waals surface area contributed by atoms with E-state index in [0.717, 1.165) is 24.5 Å². The lowest BCUT2D eigenvalue weighted by Crippen LogP contribution is -2.38. The van der Waals surface area contributed by atoms with Gasteiger partial charge in [0.15, 0.2) is 0 Å². The summed E-state index contributed by atoms with van der Waals surface area (Å²) in [6.07, 6.45) is 2.67. The Labute approximate surface area is 107 Å². The summed E-state index contributed by atoms with van der Waals surface area (Å²) in [7, 11) is 2.07. The van der Waals surface area contributed by atoms with Gasteiger partial charge in [0, 0.05) is 25.1 Å². The summed E-state index contributed by atoms with van der Waals surface area (Å²) in [6, 6.07) is 2.09. The molecule has 1 saturated carbocycles. The Morgan fingerprint density at radius 2 is 2.28 bits per heavy atom. The van der Waals surface area contributed by atoms with Crippen LogP contribution in [-0.2, 0) is 16.0 Å². The summed E-state index contributed by atoms with van der Waals surface area (Å²) in [4.78, 5) is 2.20. The first kappa shape index (κ1) is 12.1. The third-order valence-electron chi connectivity index (χ3n) is 3.39. The highest BCUT2D eigenvalue weighted by atomic mass is 16.6. The molecular weight excluding hydrogens is 232 g/mol. The molecule has 1 aliphatic heterocycles. The zero-order valence-electron chi connectivity index (χ0n) is 10.8. The SMILES string of the molecule is CN(Cc1cc(C2CC2)on1)CC1COCCO1. The number of hydrogen-bond acceptors (Lipinski definition) is 5. The average molecular weight is 252 g/mol. The van der Waals surface area contributed by atoms with Crippen molar-refractivity contribution in [2.24, 2.45) is 0 Å². The molecule has 2 aliphatic rings. The van der Waals surface area contributed by atoms with Crippen LogP contribution in [0.4, 0.5) is 0 Å². The maximum atomic E-state index is 5.63. The molecule has 1 atom stereocenters. The molecule has 2 heterocycles. The van der Waals surface area contributed by atoms with Gasteiger partial charge < -0.3 is 14.0 Å². The lowest BCUT2D eigenvalue weighted by atomic mass is 10.2. The molecule has 2 fully saturated rings. The summed E-state index contributed by atoms with van der Waals surface area (Å²) in [5.41, 5.74) is 1.01. The zero-order valence-corrected chi connectivity index (χ0v) is 10.8. The van der Waals surface area contributed by atoms with Gasteiger partial charge in [-0.2, -0.15) is 0 Å². The Morgan fingerprint density at radius 1 is 1.39 bits per heavy atom. The maximum Gasteiger partial charge on any atom is 0.140 e. The van der Waals surface area contributed by atoms with E-state index >= 15 is 0 Å². The molecule has 0 spiro atoms. The molecule has 0 N–H and O–H groups in total. The first-order valence-corrected chi connectivity index (χ1v) is 6.64. The minimum atomic E-state index is 0.179. The van der Waals surface area contributed by atoms with Crippen LogP contribution in [0.2, 0.25) is 0 Å². The first-order valence-electron chi connectivity index (χ1n) is 6.64. The largest absolute Gasteiger partial charge is 0.376 e. The number of nitrogens with zero attached hydrogens (tertiary/aromatic N) is 2. The molecule has 0 aromatic carbocycles. The van der Waals surface area contributed by atoms with Gasteiger partial charge in [-0.3, -0.25) is 4.90 Å². The van der Waals surface area contributed by atoms with Gasteiger partial charge in [0.2, 0.25) is 0 Å². The van der Waals surface area contributed by atoms with E-state index in [4.69, 9.17) is 14.0 Å². The van der Waals surface area contributed by atoms with E-state index in [-0.39, 0.29) is 6.10 Å².